The van der Waals surface area contributed by atoms with E-state index in [1.807, 2.05) is 0 Å². The molecule has 2 heterocycles. The van der Waals surface area contributed by atoms with Crippen LogP contribution in [-0.2, 0) is 18.4 Å². The predicted octanol–water partition coefficient (Wildman–Crippen LogP) is 2.30. The van der Waals surface area contributed by atoms with Crippen molar-refractivity contribution in [3.05, 3.63) is 68.0 Å². The van der Waals surface area contributed by atoms with Crippen molar-refractivity contribution >= 4 is 23.1 Å². The molecule has 39 heavy (non-hydrogen) atoms. The number of benzene rings is 1. The standard InChI is InChI=1S/C24H29ClF3N5O6/c1-31(15-17-8-7-16(25)14-29-17)20-21(32(2)23(36)33(22(20)35)9-4-10-34)30-38-12-11-37-18-5-3-6-19(13-18)39-24(26,27)28/h3,5-8,13,29-30,34H,4,9-12,14-15H2,1-2H3. The van der Waals surface area contributed by atoms with Crippen LogP contribution < -0.4 is 36.4 Å². The zero-order valence-corrected chi connectivity index (χ0v) is 22.0. The molecule has 3 N–H and O–H groups in total. The summed E-state index contributed by atoms with van der Waals surface area (Å²) in [6.07, 6.45) is -1.09. The van der Waals surface area contributed by atoms with Crippen molar-refractivity contribution in [3.63, 3.8) is 0 Å². The van der Waals surface area contributed by atoms with Gasteiger partial charge in [0.1, 0.15) is 30.4 Å². The Labute approximate surface area is 226 Å². The topological polar surface area (TPSA) is 119 Å². The SMILES string of the molecule is CN(CC1=CC=C(Cl)CN1)c1c(NOCCOc2cccc(OC(F)(F)F)c2)n(C)c(=O)n(CCCO)c1=O. The second-order valence-electron chi connectivity index (χ2n) is 8.41. The highest BCUT2D eigenvalue weighted by Crippen LogP contribution is 2.26. The van der Waals surface area contributed by atoms with Gasteiger partial charge in [-0.1, -0.05) is 17.7 Å². The van der Waals surface area contributed by atoms with E-state index in [2.05, 4.69) is 15.5 Å². The number of likely N-dealkylation sites (N-methyl/N-ethyl adjacent to an activating group) is 1. The maximum atomic E-state index is 13.3. The number of hydrogen-bond donors (Lipinski definition) is 3. The van der Waals surface area contributed by atoms with Crippen molar-refractivity contribution < 1.29 is 32.6 Å². The summed E-state index contributed by atoms with van der Waals surface area (Å²) < 4.78 is 48.8. The van der Waals surface area contributed by atoms with Crippen LogP contribution in [0.5, 0.6) is 11.5 Å². The fourth-order valence-electron chi connectivity index (χ4n) is 3.67. The minimum Gasteiger partial charge on any atom is -0.491 e. The minimum atomic E-state index is -4.83. The van der Waals surface area contributed by atoms with Crippen molar-refractivity contribution in [1.29, 1.82) is 0 Å². The van der Waals surface area contributed by atoms with Crippen LogP contribution in [-0.4, -0.2) is 60.6 Å². The Balaban J connectivity index is 1.74. The summed E-state index contributed by atoms with van der Waals surface area (Å²) in [5, 5.41) is 13.0. The summed E-state index contributed by atoms with van der Waals surface area (Å²) in [4.78, 5) is 33.3. The van der Waals surface area contributed by atoms with Gasteiger partial charge in [-0.15, -0.1) is 13.2 Å². The lowest BCUT2D eigenvalue weighted by atomic mass is 10.2. The van der Waals surface area contributed by atoms with Crippen molar-refractivity contribution in [3.8, 4) is 11.5 Å². The normalized spacial score (nSPS) is 13.3. The molecule has 0 fully saturated rings. The number of nitrogens with one attached hydrogen (secondary N) is 2. The van der Waals surface area contributed by atoms with Gasteiger partial charge in [0.05, 0.1) is 13.1 Å². The largest absolute Gasteiger partial charge is 0.573 e. The minimum absolute atomic E-state index is 0.0221. The van der Waals surface area contributed by atoms with Crippen LogP contribution >= 0.6 is 11.6 Å². The first-order valence-electron chi connectivity index (χ1n) is 11.8. The zero-order chi connectivity index (χ0) is 28.6. The van der Waals surface area contributed by atoms with E-state index in [4.69, 9.17) is 21.2 Å². The first kappa shape index (κ1) is 29.9. The predicted molar refractivity (Wildman–Crippen MR) is 139 cm³/mol. The highest BCUT2D eigenvalue weighted by Gasteiger charge is 2.31. The number of halogens is 4. The van der Waals surface area contributed by atoms with E-state index < -0.39 is 23.4 Å². The first-order chi connectivity index (χ1) is 18.5. The molecule has 15 heteroatoms. The van der Waals surface area contributed by atoms with Crippen LogP contribution in [0.15, 0.2) is 56.7 Å². The summed E-state index contributed by atoms with van der Waals surface area (Å²) in [7, 11) is 3.13. The molecule has 1 aromatic heterocycles. The molecule has 0 radical (unpaired) electrons. The van der Waals surface area contributed by atoms with Crippen LogP contribution in [0.2, 0.25) is 0 Å². The summed E-state index contributed by atoms with van der Waals surface area (Å²) in [6.45, 7) is 0.383. The number of nitrogens with zero attached hydrogens (tertiary/aromatic N) is 3. The molecule has 0 bridgehead atoms. The van der Waals surface area contributed by atoms with Gasteiger partial charge in [0.15, 0.2) is 5.82 Å². The van der Waals surface area contributed by atoms with E-state index in [1.54, 1.807) is 24.1 Å². The van der Waals surface area contributed by atoms with Crippen LogP contribution in [0.1, 0.15) is 6.42 Å². The number of dihydropyridines is 1. The summed E-state index contributed by atoms with van der Waals surface area (Å²) in [5.41, 5.74) is 2.36. The van der Waals surface area contributed by atoms with E-state index in [0.717, 1.165) is 22.4 Å². The van der Waals surface area contributed by atoms with Crippen molar-refractivity contribution in [2.75, 3.05) is 50.3 Å². The Bertz CT molecular complexity index is 1320. The first-order valence-corrected chi connectivity index (χ1v) is 12.2. The Morgan fingerprint density at radius 3 is 2.62 bits per heavy atom. The van der Waals surface area contributed by atoms with E-state index in [-0.39, 0.29) is 56.6 Å². The van der Waals surface area contributed by atoms with E-state index in [9.17, 15) is 27.9 Å². The molecule has 2 aromatic rings. The number of alkyl halides is 3. The Kier molecular flexibility index (Phi) is 10.3. The van der Waals surface area contributed by atoms with Crippen molar-refractivity contribution in [2.24, 2.45) is 7.05 Å². The molecule has 1 aliphatic heterocycles. The number of hydrogen-bond acceptors (Lipinski definition) is 9. The lowest BCUT2D eigenvalue weighted by Crippen LogP contribution is -2.44. The Hall–Kier alpha value is -3.62. The molecule has 11 nitrogen and oxygen atoms in total. The molecular formula is C24H29ClF3N5O6. The van der Waals surface area contributed by atoms with Crippen LogP contribution in [0.4, 0.5) is 24.7 Å². The zero-order valence-electron chi connectivity index (χ0n) is 21.3. The smallest absolute Gasteiger partial charge is 0.491 e. The quantitative estimate of drug-likeness (QED) is 0.244. The van der Waals surface area contributed by atoms with Gasteiger partial charge in [0.2, 0.25) is 0 Å². The van der Waals surface area contributed by atoms with Gasteiger partial charge in [-0.25, -0.2) is 10.3 Å². The lowest BCUT2D eigenvalue weighted by Gasteiger charge is -2.26. The molecule has 1 aliphatic rings. The average molecular weight is 576 g/mol. The number of allylic oxidation sites excluding steroid dienone is 2. The highest BCUT2D eigenvalue weighted by atomic mass is 35.5. The number of anilines is 2. The van der Waals surface area contributed by atoms with Gasteiger partial charge in [-0.05, 0) is 30.7 Å². The van der Waals surface area contributed by atoms with E-state index in [0.29, 0.717) is 11.6 Å². The van der Waals surface area contributed by atoms with Gasteiger partial charge in [-0.3, -0.25) is 18.8 Å². The van der Waals surface area contributed by atoms with Gasteiger partial charge in [0.25, 0.3) is 5.56 Å². The number of ether oxygens (including phenoxy) is 2. The monoisotopic (exact) mass is 575 g/mol. The molecule has 0 saturated carbocycles. The Morgan fingerprint density at radius 1 is 1.21 bits per heavy atom. The Morgan fingerprint density at radius 2 is 1.95 bits per heavy atom. The van der Waals surface area contributed by atoms with E-state index >= 15 is 0 Å². The highest BCUT2D eigenvalue weighted by molar-refractivity contribution is 6.30. The summed E-state index contributed by atoms with van der Waals surface area (Å²) in [6, 6.07) is 5.03. The third-order valence-electron chi connectivity index (χ3n) is 5.47. The number of aliphatic hydroxyl groups excluding tert-OH is 1. The lowest BCUT2D eigenvalue weighted by molar-refractivity contribution is -0.274. The molecular weight excluding hydrogens is 547 g/mol. The fraction of sp³-hybridized carbons (Fsp3) is 0.417. The maximum absolute atomic E-state index is 13.3. The molecule has 0 unspecified atom stereocenters. The molecule has 0 spiro atoms. The second kappa shape index (κ2) is 13.4. The van der Waals surface area contributed by atoms with Crippen LogP contribution in [0.3, 0.4) is 0 Å². The van der Waals surface area contributed by atoms with Gasteiger partial charge in [-0.2, -0.15) is 0 Å². The average Bonchev–Trinajstić information content (AvgIpc) is 2.87. The molecule has 0 atom stereocenters. The number of aliphatic hydroxyl groups is 1. The van der Waals surface area contributed by atoms with Gasteiger partial charge < -0.3 is 24.8 Å². The number of aromatic nitrogens is 2. The molecule has 0 aliphatic carbocycles. The maximum Gasteiger partial charge on any atom is 0.573 e. The fourth-order valence-corrected chi connectivity index (χ4v) is 3.80. The van der Waals surface area contributed by atoms with Gasteiger partial charge in [0, 0.05) is 44.0 Å². The second-order valence-corrected chi connectivity index (χ2v) is 8.89. The number of rotatable bonds is 13. The summed E-state index contributed by atoms with van der Waals surface area (Å²) >= 11 is 5.99. The van der Waals surface area contributed by atoms with E-state index in [1.165, 1.54) is 23.7 Å². The third kappa shape index (κ3) is 8.43. The molecule has 0 saturated heterocycles. The van der Waals surface area contributed by atoms with Crippen LogP contribution in [0.25, 0.3) is 0 Å². The molecule has 214 valence electrons. The van der Waals surface area contributed by atoms with Crippen molar-refractivity contribution in [2.45, 2.75) is 19.3 Å². The molecule has 3 rings (SSSR count). The van der Waals surface area contributed by atoms with Crippen molar-refractivity contribution in [1.82, 2.24) is 14.5 Å². The summed E-state index contributed by atoms with van der Waals surface area (Å²) in [5.74, 6) is -0.218. The van der Waals surface area contributed by atoms with Gasteiger partial charge >= 0.3 is 12.1 Å². The molecule has 1 aromatic carbocycles. The molecule has 0 amide bonds. The van der Waals surface area contributed by atoms with Crippen LogP contribution in [0, 0.1) is 0 Å². The third-order valence-corrected chi connectivity index (χ3v) is 5.73.